The molecule has 156 valence electrons. The minimum Gasteiger partial charge on any atom is -0.495 e. The summed E-state index contributed by atoms with van der Waals surface area (Å²) >= 11 is 13.1. The lowest BCUT2D eigenvalue weighted by molar-refractivity contribution is 0.0529. The molecule has 0 aliphatic heterocycles. The van der Waals surface area contributed by atoms with Crippen molar-refractivity contribution in [2.24, 2.45) is 0 Å². The van der Waals surface area contributed by atoms with Crippen molar-refractivity contribution in [1.29, 1.82) is 0 Å². The lowest BCUT2D eigenvalue weighted by Gasteiger charge is -2.13. The maximum Gasteiger partial charge on any atom is 0.341 e. The SMILES string of the molecule is CCOC(=O)c1c(NC(=S)Nc2ccc(OC)c(Cl)c2)sc(C)c1-c1ccccc1. The fourth-order valence-corrected chi connectivity index (χ4v) is 4.60. The molecule has 30 heavy (non-hydrogen) atoms. The maximum absolute atomic E-state index is 12.8. The van der Waals surface area contributed by atoms with Crippen LogP contribution in [0.1, 0.15) is 22.2 Å². The number of rotatable bonds is 6. The molecule has 2 aromatic carbocycles. The van der Waals surface area contributed by atoms with Crippen LogP contribution in [-0.4, -0.2) is 24.8 Å². The summed E-state index contributed by atoms with van der Waals surface area (Å²) in [6.07, 6.45) is 0. The van der Waals surface area contributed by atoms with Crippen LogP contribution < -0.4 is 15.4 Å². The van der Waals surface area contributed by atoms with Gasteiger partial charge in [-0.2, -0.15) is 0 Å². The topological polar surface area (TPSA) is 59.6 Å². The molecule has 0 aliphatic rings. The number of anilines is 2. The monoisotopic (exact) mass is 460 g/mol. The first-order valence-corrected chi connectivity index (χ1v) is 10.8. The molecule has 5 nitrogen and oxygen atoms in total. The lowest BCUT2D eigenvalue weighted by atomic mass is 10.0. The zero-order valence-electron chi connectivity index (χ0n) is 16.7. The van der Waals surface area contributed by atoms with Gasteiger partial charge in [0.05, 0.1) is 18.7 Å². The molecule has 0 aliphatic carbocycles. The highest BCUT2D eigenvalue weighted by molar-refractivity contribution is 7.80. The maximum atomic E-state index is 12.8. The molecule has 0 fully saturated rings. The molecule has 0 bridgehead atoms. The van der Waals surface area contributed by atoms with Gasteiger partial charge < -0.3 is 20.1 Å². The van der Waals surface area contributed by atoms with Crippen LogP contribution in [-0.2, 0) is 4.74 Å². The van der Waals surface area contributed by atoms with E-state index in [1.807, 2.05) is 37.3 Å². The third-order valence-electron chi connectivity index (χ3n) is 4.26. The van der Waals surface area contributed by atoms with Crippen LogP contribution in [0, 0.1) is 6.92 Å². The van der Waals surface area contributed by atoms with Crippen LogP contribution in [0.4, 0.5) is 10.7 Å². The van der Waals surface area contributed by atoms with E-state index < -0.39 is 5.97 Å². The summed E-state index contributed by atoms with van der Waals surface area (Å²) in [5, 5.41) is 7.66. The second-order valence-electron chi connectivity index (χ2n) is 6.25. The molecule has 3 aromatic rings. The van der Waals surface area contributed by atoms with E-state index in [2.05, 4.69) is 10.6 Å². The largest absolute Gasteiger partial charge is 0.495 e. The first kappa shape index (κ1) is 22.1. The molecule has 0 saturated heterocycles. The predicted octanol–water partition coefficient (Wildman–Crippen LogP) is 6.37. The van der Waals surface area contributed by atoms with Crippen LogP contribution in [0.15, 0.2) is 48.5 Å². The third-order valence-corrected chi connectivity index (χ3v) is 5.78. The van der Waals surface area contributed by atoms with Crippen LogP contribution in [0.2, 0.25) is 5.02 Å². The van der Waals surface area contributed by atoms with Gasteiger partial charge in [-0.3, -0.25) is 0 Å². The van der Waals surface area contributed by atoms with Gasteiger partial charge in [-0.1, -0.05) is 41.9 Å². The number of esters is 1. The Kier molecular flexibility index (Phi) is 7.31. The van der Waals surface area contributed by atoms with E-state index >= 15 is 0 Å². The number of halogens is 1. The molecule has 0 amide bonds. The molecule has 1 heterocycles. The highest BCUT2D eigenvalue weighted by atomic mass is 35.5. The van der Waals surface area contributed by atoms with E-state index in [-0.39, 0.29) is 6.61 Å². The highest BCUT2D eigenvalue weighted by Gasteiger charge is 2.25. The van der Waals surface area contributed by atoms with Crippen LogP contribution in [0.3, 0.4) is 0 Å². The Balaban J connectivity index is 1.90. The molecule has 1 aromatic heterocycles. The number of carbonyl (C=O) groups excluding carboxylic acids is 1. The summed E-state index contributed by atoms with van der Waals surface area (Å²) in [6, 6.07) is 15.0. The minimum absolute atomic E-state index is 0.286. The van der Waals surface area contributed by atoms with Gasteiger partial charge in [0, 0.05) is 16.1 Å². The number of benzene rings is 2. The zero-order valence-corrected chi connectivity index (χ0v) is 19.1. The van der Waals surface area contributed by atoms with Gasteiger partial charge in [-0.25, -0.2) is 4.79 Å². The van der Waals surface area contributed by atoms with Crippen molar-refractivity contribution in [1.82, 2.24) is 0 Å². The zero-order chi connectivity index (χ0) is 21.7. The van der Waals surface area contributed by atoms with Gasteiger partial charge in [0.2, 0.25) is 0 Å². The Bertz CT molecular complexity index is 1070. The summed E-state index contributed by atoms with van der Waals surface area (Å²) in [6.45, 7) is 4.04. The Morgan fingerprint density at radius 2 is 1.90 bits per heavy atom. The van der Waals surface area contributed by atoms with Crippen molar-refractivity contribution in [3.63, 3.8) is 0 Å². The fourth-order valence-electron chi connectivity index (χ4n) is 2.99. The van der Waals surface area contributed by atoms with E-state index in [9.17, 15) is 4.79 Å². The third kappa shape index (κ3) is 4.92. The summed E-state index contributed by atoms with van der Waals surface area (Å²) in [4.78, 5) is 13.8. The second kappa shape index (κ2) is 9.93. The van der Waals surface area contributed by atoms with Crippen molar-refractivity contribution in [2.45, 2.75) is 13.8 Å². The van der Waals surface area contributed by atoms with Gasteiger partial charge in [-0.05, 0) is 49.8 Å². The van der Waals surface area contributed by atoms with Crippen LogP contribution in [0.5, 0.6) is 5.75 Å². The molecule has 3 rings (SSSR count). The molecule has 0 saturated carbocycles. The van der Waals surface area contributed by atoms with Crippen LogP contribution >= 0.6 is 35.2 Å². The number of carbonyl (C=O) groups is 1. The smallest absolute Gasteiger partial charge is 0.341 e. The quantitative estimate of drug-likeness (QED) is 0.329. The first-order valence-electron chi connectivity index (χ1n) is 9.22. The van der Waals surface area contributed by atoms with Crippen molar-refractivity contribution < 1.29 is 14.3 Å². The summed E-state index contributed by atoms with van der Waals surface area (Å²) in [5.74, 6) is 0.186. The normalized spacial score (nSPS) is 10.4. The second-order valence-corrected chi connectivity index (χ2v) is 8.29. The number of thiophene rings is 1. The van der Waals surface area contributed by atoms with E-state index in [1.54, 1.807) is 32.2 Å². The van der Waals surface area contributed by atoms with E-state index in [1.165, 1.54) is 11.3 Å². The van der Waals surface area contributed by atoms with E-state index in [0.29, 0.717) is 32.1 Å². The Morgan fingerprint density at radius 1 is 1.17 bits per heavy atom. The van der Waals surface area contributed by atoms with Crippen molar-refractivity contribution in [2.75, 3.05) is 24.4 Å². The number of hydrogen-bond donors (Lipinski definition) is 2. The first-order chi connectivity index (χ1) is 14.4. The number of ether oxygens (including phenoxy) is 2. The summed E-state index contributed by atoms with van der Waals surface area (Å²) in [7, 11) is 1.56. The molecule has 0 unspecified atom stereocenters. The van der Waals surface area contributed by atoms with Gasteiger partial charge in [0.25, 0.3) is 0 Å². The van der Waals surface area contributed by atoms with Crippen LogP contribution in [0.25, 0.3) is 11.1 Å². The van der Waals surface area contributed by atoms with Gasteiger partial charge in [0.15, 0.2) is 5.11 Å². The fraction of sp³-hybridized carbons (Fsp3) is 0.182. The standard InChI is InChI=1S/C22H21ClN2O3S2/c1-4-28-21(26)19-18(14-8-6-5-7-9-14)13(2)30-20(19)25-22(29)24-15-10-11-17(27-3)16(23)12-15/h5-12H,4H2,1-3H3,(H2,24,25,29). The van der Waals surface area contributed by atoms with Gasteiger partial charge in [-0.15, -0.1) is 11.3 Å². The van der Waals surface area contributed by atoms with E-state index in [0.717, 1.165) is 16.0 Å². The minimum atomic E-state index is -0.390. The van der Waals surface area contributed by atoms with Crippen molar-refractivity contribution in [3.05, 3.63) is 64.0 Å². The van der Waals surface area contributed by atoms with E-state index in [4.69, 9.17) is 33.3 Å². The highest BCUT2D eigenvalue weighted by Crippen LogP contribution is 2.40. The number of thiocarbonyl (C=S) groups is 1. The Hall–Kier alpha value is -2.61. The molecular weight excluding hydrogens is 440 g/mol. The molecular formula is C22H21ClN2O3S2. The molecule has 0 atom stereocenters. The number of nitrogens with one attached hydrogen (secondary N) is 2. The Morgan fingerprint density at radius 3 is 2.53 bits per heavy atom. The van der Waals surface area contributed by atoms with Crippen molar-refractivity contribution in [3.8, 4) is 16.9 Å². The van der Waals surface area contributed by atoms with Gasteiger partial charge in [0.1, 0.15) is 16.3 Å². The predicted molar refractivity (Wildman–Crippen MR) is 128 cm³/mol. The molecule has 0 spiro atoms. The number of hydrogen-bond acceptors (Lipinski definition) is 5. The molecule has 8 heteroatoms. The van der Waals surface area contributed by atoms with Crippen molar-refractivity contribution >= 4 is 56.9 Å². The average molecular weight is 461 g/mol. The molecule has 2 N–H and O–H groups in total. The van der Waals surface area contributed by atoms with Gasteiger partial charge >= 0.3 is 5.97 Å². The number of methoxy groups -OCH3 is 1. The lowest BCUT2D eigenvalue weighted by Crippen LogP contribution is -2.20. The summed E-state index contributed by atoms with van der Waals surface area (Å²) in [5.41, 5.74) is 2.97. The molecule has 0 radical (unpaired) electrons. The Labute approximate surface area is 190 Å². The summed E-state index contributed by atoms with van der Waals surface area (Å²) < 4.78 is 10.5. The average Bonchev–Trinajstić information content (AvgIpc) is 3.04. The number of aryl methyl sites for hydroxylation is 1.